The molecule has 5 nitrogen and oxygen atoms in total. The van der Waals surface area contributed by atoms with Gasteiger partial charge >= 0.3 is 6.18 Å². The van der Waals surface area contributed by atoms with Crippen molar-refractivity contribution in [1.29, 1.82) is 0 Å². The molecule has 31 heavy (non-hydrogen) atoms. The molecule has 1 fully saturated rings. The summed E-state index contributed by atoms with van der Waals surface area (Å²) in [7, 11) is -3.30. The predicted molar refractivity (Wildman–Crippen MR) is 115 cm³/mol. The molecule has 9 heteroatoms. The highest BCUT2D eigenvalue weighted by molar-refractivity contribution is 7.89. The van der Waals surface area contributed by atoms with Crippen LogP contribution in [-0.2, 0) is 21.0 Å². The van der Waals surface area contributed by atoms with Gasteiger partial charge in [0.2, 0.25) is 15.9 Å². The summed E-state index contributed by atoms with van der Waals surface area (Å²) in [5, 5.41) is 2.93. The smallest absolute Gasteiger partial charge is 0.349 e. The fourth-order valence-corrected chi connectivity index (χ4v) is 5.50. The van der Waals surface area contributed by atoms with Crippen LogP contribution in [0.5, 0.6) is 0 Å². The van der Waals surface area contributed by atoms with Gasteiger partial charge in [0.05, 0.1) is 17.4 Å². The van der Waals surface area contributed by atoms with Crippen LogP contribution in [0.4, 0.5) is 13.2 Å². The van der Waals surface area contributed by atoms with Crippen molar-refractivity contribution >= 4 is 15.9 Å². The fraction of sp³-hybridized carbons (Fsp3) is 0.682. The number of carbonyl (C=O) groups is 1. The topological polar surface area (TPSA) is 66.5 Å². The summed E-state index contributed by atoms with van der Waals surface area (Å²) in [5.74, 6) is -0.288. The van der Waals surface area contributed by atoms with E-state index in [9.17, 15) is 26.4 Å². The number of amides is 1. The molecule has 1 atom stereocenters. The Balaban J connectivity index is 2.06. The fourth-order valence-electron chi connectivity index (χ4n) is 3.82. The summed E-state index contributed by atoms with van der Waals surface area (Å²) in [6, 6.07) is 4.55. The number of rotatable bonds is 9. The van der Waals surface area contributed by atoms with Crippen LogP contribution in [0.3, 0.4) is 0 Å². The zero-order valence-electron chi connectivity index (χ0n) is 18.4. The molecule has 1 heterocycles. The van der Waals surface area contributed by atoms with Crippen molar-refractivity contribution in [3.05, 3.63) is 35.4 Å². The van der Waals surface area contributed by atoms with Gasteiger partial charge in [0.1, 0.15) is 0 Å². The molecule has 0 spiro atoms. The third-order valence-corrected chi connectivity index (χ3v) is 7.57. The molecular formula is C22H33F3N2O3S. The van der Waals surface area contributed by atoms with E-state index in [4.69, 9.17) is 0 Å². The number of sulfonamides is 1. The molecule has 0 aliphatic carbocycles. The zero-order valence-corrected chi connectivity index (χ0v) is 19.2. The molecule has 1 aliphatic rings. The van der Waals surface area contributed by atoms with E-state index in [1.165, 1.54) is 10.4 Å². The van der Waals surface area contributed by atoms with Crippen LogP contribution in [0.1, 0.15) is 70.0 Å². The first-order valence-corrected chi connectivity index (χ1v) is 12.5. The number of benzene rings is 1. The van der Waals surface area contributed by atoms with Crippen LogP contribution in [0.2, 0.25) is 0 Å². The minimum atomic E-state index is -4.45. The lowest BCUT2D eigenvalue weighted by molar-refractivity contribution is -0.137. The van der Waals surface area contributed by atoms with Gasteiger partial charge in [-0.3, -0.25) is 4.79 Å². The van der Waals surface area contributed by atoms with Crippen molar-refractivity contribution in [2.75, 3.05) is 18.8 Å². The number of hydrogen-bond donors (Lipinski definition) is 1. The Morgan fingerprint density at radius 2 is 1.87 bits per heavy atom. The summed E-state index contributed by atoms with van der Waals surface area (Å²) in [5.41, 5.74) is -0.310. The maximum atomic E-state index is 13.1. The highest BCUT2D eigenvalue weighted by Gasteiger charge is 2.33. The SMILES string of the molecule is CCCCS(=O)(=O)N1CCC(C(=O)NC(CC(C)C)c2cccc(C(F)(F)F)c2)CC1. The number of nitrogens with one attached hydrogen (secondary N) is 1. The molecule has 0 aromatic heterocycles. The van der Waals surface area contributed by atoms with Crippen LogP contribution in [0, 0.1) is 11.8 Å². The van der Waals surface area contributed by atoms with E-state index in [1.807, 2.05) is 20.8 Å². The molecule has 1 aromatic carbocycles. The molecule has 1 saturated heterocycles. The lowest BCUT2D eigenvalue weighted by atomic mass is 9.93. The second kappa shape index (κ2) is 10.8. The highest BCUT2D eigenvalue weighted by Crippen LogP contribution is 2.32. The summed E-state index contributed by atoms with van der Waals surface area (Å²) < 4.78 is 65.5. The van der Waals surface area contributed by atoms with Crippen molar-refractivity contribution in [2.24, 2.45) is 11.8 Å². The van der Waals surface area contributed by atoms with Crippen LogP contribution < -0.4 is 5.32 Å². The van der Waals surface area contributed by atoms with Crippen molar-refractivity contribution in [3.63, 3.8) is 0 Å². The summed E-state index contributed by atoms with van der Waals surface area (Å²) in [6.45, 7) is 6.42. The van der Waals surface area contributed by atoms with Gasteiger partial charge in [-0.1, -0.05) is 39.3 Å². The van der Waals surface area contributed by atoms with Crippen LogP contribution in [-0.4, -0.2) is 37.5 Å². The zero-order chi connectivity index (χ0) is 23.2. The number of halogens is 3. The maximum absolute atomic E-state index is 13.1. The van der Waals surface area contributed by atoms with Crippen molar-refractivity contribution in [2.45, 2.75) is 65.1 Å². The van der Waals surface area contributed by atoms with Crippen molar-refractivity contribution < 1.29 is 26.4 Å². The van der Waals surface area contributed by atoms with E-state index in [-0.39, 0.29) is 23.5 Å². The quantitative estimate of drug-likeness (QED) is 0.576. The minimum Gasteiger partial charge on any atom is -0.349 e. The van der Waals surface area contributed by atoms with E-state index in [0.717, 1.165) is 18.6 Å². The number of unbranched alkanes of at least 4 members (excludes halogenated alkanes) is 1. The largest absolute Gasteiger partial charge is 0.416 e. The first-order valence-electron chi connectivity index (χ1n) is 10.9. The minimum absolute atomic E-state index is 0.117. The third kappa shape index (κ3) is 7.49. The van der Waals surface area contributed by atoms with E-state index < -0.39 is 27.8 Å². The number of alkyl halides is 3. The highest BCUT2D eigenvalue weighted by atomic mass is 32.2. The molecule has 0 saturated carbocycles. The number of piperidine rings is 1. The normalized spacial score (nSPS) is 17.6. The average Bonchev–Trinajstić information content (AvgIpc) is 2.71. The van der Waals surface area contributed by atoms with Gasteiger partial charge in [0, 0.05) is 19.0 Å². The molecule has 1 unspecified atom stereocenters. The van der Waals surface area contributed by atoms with Crippen LogP contribution in [0.15, 0.2) is 24.3 Å². The Hall–Kier alpha value is -1.61. The molecule has 0 radical (unpaired) electrons. The van der Waals surface area contributed by atoms with Gasteiger partial charge in [0.25, 0.3) is 0 Å². The standard InChI is InChI=1S/C22H33F3N2O3S/c1-4-5-13-31(29,30)27-11-9-17(10-12-27)21(28)26-20(14-16(2)3)18-7-6-8-19(15-18)22(23,24)25/h6-8,15-17,20H,4-5,9-14H2,1-3H3,(H,26,28). The first-order chi connectivity index (χ1) is 14.4. The molecule has 1 N–H and O–H groups in total. The van der Waals surface area contributed by atoms with Gasteiger partial charge in [-0.2, -0.15) is 13.2 Å². The summed E-state index contributed by atoms with van der Waals surface area (Å²) in [6.07, 6.45) is -1.71. The third-order valence-electron chi connectivity index (χ3n) is 5.61. The lowest BCUT2D eigenvalue weighted by Gasteiger charge is -2.32. The van der Waals surface area contributed by atoms with Gasteiger partial charge in [-0.15, -0.1) is 0 Å². The van der Waals surface area contributed by atoms with Gasteiger partial charge in [0.15, 0.2) is 0 Å². The Bertz CT molecular complexity index is 833. The van der Waals surface area contributed by atoms with E-state index >= 15 is 0 Å². The Kier molecular flexibility index (Phi) is 8.94. The van der Waals surface area contributed by atoms with E-state index in [0.29, 0.717) is 44.3 Å². The molecule has 2 rings (SSSR count). The molecule has 1 aliphatic heterocycles. The van der Waals surface area contributed by atoms with Gasteiger partial charge in [-0.05, 0) is 49.3 Å². The number of carbonyl (C=O) groups excluding carboxylic acids is 1. The first kappa shape index (κ1) is 25.6. The average molecular weight is 463 g/mol. The lowest BCUT2D eigenvalue weighted by Crippen LogP contribution is -2.44. The molecule has 176 valence electrons. The Morgan fingerprint density at radius 1 is 1.23 bits per heavy atom. The Labute approximate surface area is 183 Å². The van der Waals surface area contributed by atoms with E-state index in [1.54, 1.807) is 6.07 Å². The van der Waals surface area contributed by atoms with Gasteiger partial charge < -0.3 is 5.32 Å². The van der Waals surface area contributed by atoms with Gasteiger partial charge in [-0.25, -0.2) is 12.7 Å². The number of hydrogen-bond acceptors (Lipinski definition) is 3. The summed E-state index contributed by atoms with van der Waals surface area (Å²) in [4.78, 5) is 12.9. The van der Waals surface area contributed by atoms with Crippen molar-refractivity contribution in [3.8, 4) is 0 Å². The monoisotopic (exact) mass is 462 g/mol. The maximum Gasteiger partial charge on any atom is 0.416 e. The second-order valence-electron chi connectivity index (χ2n) is 8.66. The number of nitrogens with zero attached hydrogens (tertiary/aromatic N) is 1. The molecular weight excluding hydrogens is 429 g/mol. The van der Waals surface area contributed by atoms with Crippen LogP contribution in [0.25, 0.3) is 0 Å². The molecule has 0 bridgehead atoms. The Morgan fingerprint density at radius 3 is 2.42 bits per heavy atom. The molecule has 1 aromatic rings. The second-order valence-corrected chi connectivity index (χ2v) is 10.7. The molecule has 1 amide bonds. The van der Waals surface area contributed by atoms with E-state index in [2.05, 4.69) is 5.32 Å². The predicted octanol–water partition coefficient (Wildman–Crippen LogP) is 4.75. The summed E-state index contributed by atoms with van der Waals surface area (Å²) >= 11 is 0. The van der Waals surface area contributed by atoms with Crippen molar-refractivity contribution in [1.82, 2.24) is 9.62 Å². The van der Waals surface area contributed by atoms with Crippen LogP contribution >= 0.6 is 0 Å².